The van der Waals surface area contributed by atoms with Crippen molar-refractivity contribution >= 4 is 17.6 Å². The summed E-state index contributed by atoms with van der Waals surface area (Å²) in [6, 6.07) is 7.98. The maximum Gasteiger partial charge on any atom is 0.222 e. The van der Waals surface area contributed by atoms with Gasteiger partial charge in [0, 0.05) is 44.1 Å². The lowest BCUT2D eigenvalue weighted by molar-refractivity contribution is 0.641. The lowest BCUT2D eigenvalue weighted by Gasteiger charge is -2.36. The molecule has 2 aromatic rings. The summed E-state index contributed by atoms with van der Waals surface area (Å²) < 4.78 is 0. The number of hydrogen-bond donors (Lipinski definition) is 1. The Morgan fingerprint density at radius 1 is 1.00 bits per heavy atom. The molecule has 0 spiro atoms. The highest BCUT2D eigenvalue weighted by molar-refractivity contribution is 5.47. The first-order chi connectivity index (χ1) is 9.72. The molecule has 104 valence electrons. The van der Waals surface area contributed by atoms with Gasteiger partial charge in [-0.2, -0.15) is 4.98 Å². The molecule has 0 amide bonds. The summed E-state index contributed by atoms with van der Waals surface area (Å²) in [4.78, 5) is 17.3. The van der Waals surface area contributed by atoms with Gasteiger partial charge in [-0.15, -0.1) is 0 Å². The number of rotatable bonds is 2. The van der Waals surface area contributed by atoms with Crippen LogP contribution >= 0.6 is 0 Å². The van der Waals surface area contributed by atoms with Crippen LogP contribution < -0.4 is 15.5 Å². The fourth-order valence-corrected chi connectivity index (χ4v) is 2.44. The molecule has 1 fully saturated rings. The number of piperazine rings is 1. The predicted molar refractivity (Wildman–Crippen MR) is 79.8 cm³/mol. The Hall–Kier alpha value is -2.37. The summed E-state index contributed by atoms with van der Waals surface area (Å²) in [5, 5.41) is 0. The van der Waals surface area contributed by atoms with Gasteiger partial charge in [0.1, 0.15) is 11.6 Å². The summed E-state index contributed by atoms with van der Waals surface area (Å²) in [5.74, 6) is 2.29. The molecule has 0 bridgehead atoms. The molecule has 0 aliphatic carbocycles. The Morgan fingerprint density at radius 2 is 1.70 bits per heavy atom. The topological polar surface area (TPSA) is 71.2 Å². The van der Waals surface area contributed by atoms with Crippen molar-refractivity contribution in [3.05, 3.63) is 36.2 Å². The predicted octanol–water partition coefficient (Wildman–Crippen LogP) is 1.09. The van der Waals surface area contributed by atoms with E-state index >= 15 is 0 Å². The summed E-state index contributed by atoms with van der Waals surface area (Å²) in [7, 11) is 0. The van der Waals surface area contributed by atoms with Gasteiger partial charge in [-0.3, -0.25) is 0 Å². The van der Waals surface area contributed by atoms with Crippen molar-refractivity contribution in [1.29, 1.82) is 0 Å². The number of nitrogen functional groups attached to an aromatic ring is 1. The maximum atomic E-state index is 5.72. The van der Waals surface area contributed by atoms with E-state index in [1.54, 1.807) is 0 Å². The van der Waals surface area contributed by atoms with Crippen LogP contribution in [0.1, 0.15) is 5.69 Å². The molecule has 0 saturated carbocycles. The number of pyridine rings is 1. The van der Waals surface area contributed by atoms with E-state index in [4.69, 9.17) is 5.73 Å². The number of nitrogens with two attached hydrogens (primary N) is 1. The van der Waals surface area contributed by atoms with Crippen LogP contribution in [0.4, 0.5) is 17.6 Å². The van der Waals surface area contributed by atoms with E-state index in [1.165, 1.54) is 0 Å². The lowest BCUT2D eigenvalue weighted by atomic mass is 10.3. The van der Waals surface area contributed by atoms with Gasteiger partial charge in [-0.05, 0) is 19.1 Å². The monoisotopic (exact) mass is 270 g/mol. The number of aryl methyl sites for hydroxylation is 1. The van der Waals surface area contributed by atoms with Gasteiger partial charge < -0.3 is 15.5 Å². The second kappa shape index (κ2) is 5.32. The highest BCUT2D eigenvalue weighted by Gasteiger charge is 2.19. The molecule has 0 radical (unpaired) electrons. The zero-order valence-corrected chi connectivity index (χ0v) is 11.5. The maximum absolute atomic E-state index is 5.72. The SMILES string of the molecule is Cc1cc(N2CCN(c3ccccn3)CC2)nc(N)n1. The molecule has 2 aromatic heterocycles. The van der Waals surface area contributed by atoms with E-state index in [0.29, 0.717) is 5.95 Å². The van der Waals surface area contributed by atoms with Gasteiger partial charge in [0.25, 0.3) is 0 Å². The normalized spacial score (nSPS) is 15.4. The van der Waals surface area contributed by atoms with Crippen LogP contribution in [0.25, 0.3) is 0 Å². The molecule has 20 heavy (non-hydrogen) atoms. The minimum atomic E-state index is 0.340. The Labute approximate surface area is 118 Å². The molecule has 6 heteroatoms. The first-order valence-corrected chi connectivity index (χ1v) is 6.74. The van der Waals surface area contributed by atoms with Crippen molar-refractivity contribution in [3.63, 3.8) is 0 Å². The Morgan fingerprint density at radius 3 is 2.30 bits per heavy atom. The van der Waals surface area contributed by atoms with Crippen molar-refractivity contribution in [3.8, 4) is 0 Å². The smallest absolute Gasteiger partial charge is 0.222 e. The minimum absolute atomic E-state index is 0.340. The summed E-state index contributed by atoms with van der Waals surface area (Å²) in [6.07, 6.45) is 1.83. The molecule has 0 aromatic carbocycles. The second-order valence-corrected chi connectivity index (χ2v) is 4.89. The van der Waals surface area contributed by atoms with E-state index in [-0.39, 0.29) is 0 Å². The summed E-state index contributed by atoms with van der Waals surface area (Å²) in [5.41, 5.74) is 6.62. The lowest BCUT2D eigenvalue weighted by Crippen LogP contribution is -2.47. The third kappa shape index (κ3) is 2.64. The number of aromatic nitrogens is 3. The van der Waals surface area contributed by atoms with E-state index in [0.717, 1.165) is 43.5 Å². The third-order valence-corrected chi connectivity index (χ3v) is 3.43. The van der Waals surface area contributed by atoms with Crippen molar-refractivity contribution in [2.45, 2.75) is 6.92 Å². The minimum Gasteiger partial charge on any atom is -0.368 e. The average Bonchev–Trinajstić information content (AvgIpc) is 2.47. The fraction of sp³-hybridized carbons (Fsp3) is 0.357. The number of nitrogens with zero attached hydrogens (tertiary/aromatic N) is 5. The van der Waals surface area contributed by atoms with E-state index in [9.17, 15) is 0 Å². The van der Waals surface area contributed by atoms with E-state index in [2.05, 4.69) is 24.8 Å². The largest absolute Gasteiger partial charge is 0.368 e. The van der Waals surface area contributed by atoms with Crippen molar-refractivity contribution in [2.24, 2.45) is 0 Å². The molecule has 0 unspecified atom stereocenters. The van der Waals surface area contributed by atoms with Crippen LogP contribution in [0.2, 0.25) is 0 Å². The van der Waals surface area contributed by atoms with Gasteiger partial charge in [-0.1, -0.05) is 6.07 Å². The van der Waals surface area contributed by atoms with Crippen LogP contribution in [0.5, 0.6) is 0 Å². The van der Waals surface area contributed by atoms with Gasteiger partial charge in [-0.25, -0.2) is 9.97 Å². The summed E-state index contributed by atoms with van der Waals surface area (Å²) >= 11 is 0. The van der Waals surface area contributed by atoms with Crippen LogP contribution in [0.15, 0.2) is 30.5 Å². The van der Waals surface area contributed by atoms with Crippen molar-refractivity contribution < 1.29 is 0 Å². The third-order valence-electron chi connectivity index (χ3n) is 3.43. The summed E-state index contributed by atoms with van der Waals surface area (Å²) in [6.45, 7) is 5.62. The Kier molecular flexibility index (Phi) is 3.37. The van der Waals surface area contributed by atoms with Crippen molar-refractivity contribution in [2.75, 3.05) is 41.7 Å². The van der Waals surface area contributed by atoms with Gasteiger partial charge in [0.05, 0.1) is 0 Å². The van der Waals surface area contributed by atoms with Crippen LogP contribution in [-0.2, 0) is 0 Å². The number of anilines is 3. The van der Waals surface area contributed by atoms with Gasteiger partial charge in [0.15, 0.2) is 0 Å². The molecule has 2 N–H and O–H groups in total. The molecule has 1 aliphatic rings. The molecule has 0 atom stereocenters. The van der Waals surface area contributed by atoms with Crippen LogP contribution in [0, 0.1) is 6.92 Å². The highest BCUT2D eigenvalue weighted by Crippen LogP contribution is 2.18. The zero-order chi connectivity index (χ0) is 13.9. The molecule has 6 nitrogen and oxygen atoms in total. The molecule has 1 saturated heterocycles. The quantitative estimate of drug-likeness (QED) is 0.880. The molecule has 3 heterocycles. The highest BCUT2D eigenvalue weighted by atomic mass is 15.3. The molecule has 1 aliphatic heterocycles. The number of hydrogen-bond acceptors (Lipinski definition) is 6. The second-order valence-electron chi connectivity index (χ2n) is 4.89. The Bertz CT molecular complexity index is 557. The fourth-order valence-electron chi connectivity index (χ4n) is 2.44. The molecule has 3 rings (SSSR count). The first kappa shape index (κ1) is 12.7. The van der Waals surface area contributed by atoms with Crippen LogP contribution in [0.3, 0.4) is 0 Å². The van der Waals surface area contributed by atoms with Crippen molar-refractivity contribution in [1.82, 2.24) is 15.0 Å². The Balaban J connectivity index is 1.69. The first-order valence-electron chi connectivity index (χ1n) is 6.74. The molecular weight excluding hydrogens is 252 g/mol. The van der Waals surface area contributed by atoms with E-state index < -0.39 is 0 Å². The standard InChI is InChI=1S/C14H18N6/c1-11-10-13(18-14(15)17-11)20-8-6-19(7-9-20)12-4-2-3-5-16-12/h2-5,10H,6-9H2,1H3,(H2,15,17,18). The zero-order valence-electron chi connectivity index (χ0n) is 11.5. The molecular formula is C14H18N6. The van der Waals surface area contributed by atoms with Crippen LogP contribution in [-0.4, -0.2) is 41.1 Å². The average molecular weight is 270 g/mol. The van der Waals surface area contributed by atoms with E-state index in [1.807, 2.05) is 37.4 Å². The van der Waals surface area contributed by atoms with Gasteiger partial charge >= 0.3 is 0 Å². The van der Waals surface area contributed by atoms with Gasteiger partial charge in [0.2, 0.25) is 5.95 Å².